The Morgan fingerprint density at radius 2 is 1.75 bits per heavy atom. The second kappa shape index (κ2) is 7.20. The van der Waals surface area contributed by atoms with E-state index < -0.39 is 15.9 Å². The van der Waals surface area contributed by atoms with E-state index in [0.717, 1.165) is 12.0 Å². The topological polar surface area (TPSA) is 66.4 Å². The lowest BCUT2D eigenvalue weighted by Gasteiger charge is -2.22. The van der Waals surface area contributed by atoms with Gasteiger partial charge in [0.1, 0.15) is 0 Å². The van der Waals surface area contributed by atoms with E-state index >= 15 is 0 Å². The van der Waals surface area contributed by atoms with Crippen molar-refractivity contribution in [3.63, 3.8) is 0 Å². The number of aliphatic hydroxyl groups excluding tert-OH is 1. The summed E-state index contributed by atoms with van der Waals surface area (Å²) in [6.45, 7) is 6.88. The van der Waals surface area contributed by atoms with Crippen molar-refractivity contribution < 1.29 is 13.5 Å². The Morgan fingerprint density at radius 1 is 1.20 bits per heavy atom. The Kier molecular flexibility index (Phi) is 6.17. The first-order chi connectivity index (χ1) is 9.25. The third kappa shape index (κ3) is 4.89. The minimum Gasteiger partial charge on any atom is -0.387 e. The first-order valence-corrected chi connectivity index (χ1v) is 8.86. The van der Waals surface area contributed by atoms with Crippen molar-refractivity contribution in [2.75, 3.05) is 12.8 Å². The highest BCUT2D eigenvalue weighted by Crippen LogP contribution is 2.16. The van der Waals surface area contributed by atoms with E-state index in [2.05, 4.69) is 26.1 Å². The maximum atomic E-state index is 11.4. The predicted molar refractivity (Wildman–Crippen MR) is 81.4 cm³/mol. The number of nitrogens with one attached hydrogen (secondary N) is 1. The summed E-state index contributed by atoms with van der Waals surface area (Å²) in [5, 5.41) is 13.5. The van der Waals surface area contributed by atoms with Crippen LogP contribution in [0.4, 0.5) is 0 Å². The monoisotopic (exact) mass is 299 g/mol. The average Bonchev–Trinajstić information content (AvgIpc) is 2.38. The normalized spacial score (nSPS) is 15.3. The van der Waals surface area contributed by atoms with Gasteiger partial charge in [-0.3, -0.25) is 0 Å². The molecule has 0 radical (unpaired) electrons. The number of aliphatic hydroxyl groups is 1. The maximum Gasteiger partial charge on any atom is 0.175 e. The molecule has 2 N–H and O–H groups in total. The summed E-state index contributed by atoms with van der Waals surface area (Å²) in [6.07, 6.45) is 1.56. The molecule has 0 aliphatic heterocycles. The van der Waals surface area contributed by atoms with Gasteiger partial charge in [-0.05, 0) is 30.0 Å². The van der Waals surface area contributed by atoms with Crippen molar-refractivity contribution in [2.45, 2.75) is 44.2 Å². The van der Waals surface area contributed by atoms with Crippen molar-refractivity contribution in [1.29, 1.82) is 0 Å². The fourth-order valence-electron chi connectivity index (χ4n) is 2.17. The molecule has 0 amide bonds. The summed E-state index contributed by atoms with van der Waals surface area (Å²) < 4.78 is 22.7. The minimum atomic E-state index is -3.18. The Morgan fingerprint density at radius 3 is 2.15 bits per heavy atom. The van der Waals surface area contributed by atoms with Crippen molar-refractivity contribution in [3.8, 4) is 0 Å². The molecule has 0 aliphatic rings. The van der Waals surface area contributed by atoms with Gasteiger partial charge in [-0.25, -0.2) is 8.42 Å². The van der Waals surface area contributed by atoms with Gasteiger partial charge in [0.15, 0.2) is 9.84 Å². The Hall–Kier alpha value is -0.910. The summed E-state index contributed by atoms with van der Waals surface area (Å²) in [5.41, 5.74) is 0.725. The van der Waals surface area contributed by atoms with Gasteiger partial charge in [-0.15, -0.1) is 0 Å². The summed E-state index contributed by atoms with van der Waals surface area (Å²) in [7, 11) is -3.18. The number of rotatable bonds is 7. The molecule has 0 heterocycles. The summed E-state index contributed by atoms with van der Waals surface area (Å²) in [6, 6.07) is 6.78. The molecule has 2 unspecified atom stereocenters. The number of benzene rings is 1. The molecular formula is C15H25NO3S. The van der Waals surface area contributed by atoms with Crippen LogP contribution >= 0.6 is 0 Å². The lowest BCUT2D eigenvalue weighted by Crippen LogP contribution is -2.36. The Labute approximate surface area is 122 Å². The third-order valence-electron chi connectivity index (χ3n) is 3.51. The van der Waals surface area contributed by atoms with Gasteiger partial charge in [0.25, 0.3) is 0 Å². The molecule has 0 aromatic heterocycles. The standard InChI is InChI=1S/C15H25NO3S/c1-5-14(11(2)3)16-10-15(17)12-6-8-13(9-7-12)20(4,18)19/h6-9,11,14-17H,5,10H2,1-4H3. The smallest absolute Gasteiger partial charge is 0.175 e. The largest absolute Gasteiger partial charge is 0.387 e. The van der Waals surface area contributed by atoms with Crippen LogP contribution in [0, 0.1) is 5.92 Å². The van der Waals surface area contributed by atoms with E-state index in [4.69, 9.17) is 0 Å². The van der Waals surface area contributed by atoms with Gasteiger partial charge in [0.05, 0.1) is 11.0 Å². The maximum absolute atomic E-state index is 11.4. The van der Waals surface area contributed by atoms with Crippen molar-refractivity contribution in [1.82, 2.24) is 5.32 Å². The molecule has 0 saturated carbocycles. The molecule has 0 fully saturated rings. The Balaban J connectivity index is 2.66. The summed E-state index contributed by atoms with van der Waals surface area (Å²) >= 11 is 0. The number of sulfone groups is 1. The first kappa shape index (κ1) is 17.1. The van der Waals surface area contributed by atoms with Crippen LogP contribution in [0.1, 0.15) is 38.9 Å². The zero-order chi connectivity index (χ0) is 15.3. The van der Waals surface area contributed by atoms with Crippen molar-refractivity contribution in [3.05, 3.63) is 29.8 Å². The second-order valence-electron chi connectivity index (χ2n) is 5.52. The summed E-state index contributed by atoms with van der Waals surface area (Å²) in [4.78, 5) is 0.273. The predicted octanol–water partition coefficient (Wildman–Crippen LogP) is 2.15. The van der Waals surface area contributed by atoms with Crippen LogP contribution in [0.3, 0.4) is 0 Å². The SMILES string of the molecule is CCC(NCC(O)c1ccc(S(C)(=O)=O)cc1)C(C)C. The van der Waals surface area contributed by atoms with Gasteiger partial charge in [0.2, 0.25) is 0 Å². The van der Waals surface area contributed by atoms with Crippen LogP contribution < -0.4 is 5.32 Å². The lowest BCUT2D eigenvalue weighted by molar-refractivity contribution is 0.165. The molecule has 4 nitrogen and oxygen atoms in total. The van der Waals surface area contributed by atoms with Crippen molar-refractivity contribution >= 4 is 9.84 Å². The van der Waals surface area contributed by atoms with E-state index in [-0.39, 0.29) is 4.90 Å². The molecule has 1 rings (SSSR count). The highest BCUT2D eigenvalue weighted by Gasteiger charge is 2.14. The fourth-order valence-corrected chi connectivity index (χ4v) is 2.80. The van der Waals surface area contributed by atoms with Crippen LogP contribution in [-0.4, -0.2) is 32.4 Å². The molecule has 2 atom stereocenters. The highest BCUT2D eigenvalue weighted by molar-refractivity contribution is 7.90. The van der Waals surface area contributed by atoms with Crippen LogP contribution in [0.25, 0.3) is 0 Å². The fraction of sp³-hybridized carbons (Fsp3) is 0.600. The van der Waals surface area contributed by atoms with E-state index in [0.29, 0.717) is 18.5 Å². The van der Waals surface area contributed by atoms with Crippen LogP contribution in [0.5, 0.6) is 0 Å². The second-order valence-corrected chi connectivity index (χ2v) is 7.54. The van der Waals surface area contributed by atoms with Gasteiger partial charge in [-0.2, -0.15) is 0 Å². The molecule has 20 heavy (non-hydrogen) atoms. The summed E-state index contributed by atoms with van der Waals surface area (Å²) in [5.74, 6) is 0.514. The van der Waals surface area contributed by atoms with Gasteiger partial charge in [-0.1, -0.05) is 32.9 Å². The highest BCUT2D eigenvalue weighted by atomic mass is 32.2. The van der Waals surface area contributed by atoms with E-state index in [1.54, 1.807) is 12.1 Å². The molecule has 1 aromatic carbocycles. The lowest BCUT2D eigenvalue weighted by atomic mass is 10.0. The van der Waals surface area contributed by atoms with Crippen LogP contribution in [0.2, 0.25) is 0 Å². The molecule has 1 aromatic rings. The molecule has 0 saturated heterocycles. The Bertz CT molecular complexity index is 508. The minimum absolute atomic E-state index is 0.273. The molecule has 0 spiro atoms. The van der Waals surface area contributed by atoms with Crippen LogP contribution in [0.15, 0.2) is 29.2 Å². The van der Waals surface area contributed by atoms with Crippen LogP contribution in [-0.2, 0) is 9.84 Å². The van der Waals surface area contributed by atoms with Gasteiger partial charge in [0, 0.05) is 18.8 Å². The van der Waals surface area contributed by atoms with E-state index in [1.165, 1.54) is 18.4 Å². The van der Waals surface area contributed by atoms with Gasteiger partial charge >= 0.3 is 0 Å². The average molecular weight is 299 g/mol. The quantitative estimate of drug-likeness (QED) is 0.809. The molecule has 5 heteroatoms. The zero-order valence-corrected chi connectivity index (χ0v) is 13.4. The van der Waals surface area contributed by atoms with E-state index in [9.17, 15) is 13.5 Å². The molecular weight excluding hydrogens is 274 g/mol. The number of hydrogen-bond donors (Lipinski definition) is 2. The van der Waals surface area contributed by atoms with Gasteiger partial charge < -0.3 is 10.4 Å². The first-order valence-electron chi connectivity index (χ1n) is 6.97. The molecule has 0 aliphatic carbocycles. The van der Waals surface area contributed by atoms with Crippen molar-refractivity contribution in [2.24, 2.45) is 5.92 Å². The van der Waals surface area contributed by atoms with E-state index in [1.807, 2.05) is 0 Å². The molecule has 114 valence electrons. The molecule has 0 bridgehead atoms. The zero-order valence-electron chi connectivity index (χ0n) is 12.6. The number of hydrogen-bond acceptors (Lipinski definition) is 4. The third-order valence-corrected chi connectivity index (χ3v) is 4.64.